The van der Waals surface area contributed by atoms with Crippen LogP contribution in [0, 0.1) is 0 Å². The Labute approximate surface area is 141 Å². The summed E-state index contributed by atoms with van der Waals surface area (Å²) in [5, 5.41) is 5.58. The first kappa shape index (κ1) is 18.7. The SMILES string of the molecule is CC[C@@H](C)c1ccc(NC(=O)CCNC(=O)[C@@H](Br)CC)cc1. The molecule has 0 aliphatic carbocycles. The zero-order valence-electron chi connectivity index (χ0n) is 13.5. The van der Waals surface area contributed by atoms with E-state index in [1.165, 1.54) is 5.56 Å². The van der Waals surface area contributed by atoms with Gasteiger partial charge in [-0.25, -0.2) is 0 Å². The van der Waals surface area contributed by atoms with Gasteiger partial charge in [0.15, 0.2) is 0 Å². The van der Waals surface area contributed by atoms with Gasteiger partial charge in [0.1, 0.15) is 0 Å². The molecule has 1 aromatic rings. The van der Waals surface area contributed by atoms with Crippen LogP contribution in [-0.2, 0) is 9.59 Å². The molecule has 0 unspecified atom stereocenters. The topological polar surface area (TPSA) is 58.2 Å². The normalized spacial score (nSPS) is 13.3. The van der Waals surface area contributed by atoms with Crippen molar-refractivity contribution < 1.29 is 9.59 Å². The molecular formula is C17H25BrN2O2. The van der Waals surface area contributed by atoms with Gasteiger partial charge in [-0.1, -0.05) is 48.8 Å². The number of amides is 2. The second kappa shape index (κ2) is 9.62. The lowest BCUT2D eigenvalue weighted by Crippen LogP contribution is -2.33. The van der Waals surface area contributed by atoms with E-state index in [4.69, 9.17) is 0 Å². The first-order valence-electron chi connectivity index (χ1n) is 7.79. The van der Waals surface area contributed by atoms with Crippen molar-refractivity contribution in [3.63, 3.8) is 0 Å². The second-order valence-corrected chi connectivity index (χ2v) is 6.50. The molecule has 0 heterocycles. The number of rotatable bonds is 8. The fourth-order valence-electron chi connectivity index (χ4n) is 1.95. The van der Waals surface area contributed by atoms with Crippen LogP contribution in [0.5, 0.6) is 0 Å². The van der Waals surface area contributed by atoms with E-state index in [-0.39, 0.29) is 23.1 Å². The molecule has 0 aliphatic rings. The first-order valence-corrected chi connectivity index (χ1v) is 8.71. The minimum Gasteiger partial charge on any atom is -0.355 e. The van der Waals surface area contributed by atoms with Gasteiger partial charge >= 0.3 is 0 Å². The summed E-state index contributed by atoms with van der Waals surface area (Å²) < 4.78 is 0. The summed E-state index contributed by atoms with van der Waals surface area (Å²) in [5.74, 6) is 0.350. The zero-order valence-corrected chi connectivity index (χ0v) is 15.1. The Morgan fingerprint density at radius 2 is 1.77 bits per heavy atom. The molecular weight excluding hydrogens is 344 g/mol. The number of benzene rings is 1. The Balaban J connectivity index is 2.37. The van der Waals surface area contributed by atoms with Crippen molar-refractivity contribution in [2.24, 2.45) is 0 Å². The largest absolute Gasteiger partial charge is 0.355 e. The predicted molar refractivity (Wildman–Crippen MR) is 94.4 cm³/mol. The highest BCUT2D eigenvalue weighted by Gasteiger charge is 2.12. The van der Waals surface area contributed by atoms with Crippen LogP contribution in [0.1, 0.15) is 51.5 Å². The molecule has 0 fully saturated rings. The van der Waals surface area contributed by atoms with Crippen molar-refractivity contribution in [1.29, 1.82) is 0 Å². The molecule has 4 nitrogen and oxygen atoms in total. The molecule has 2 N–H and O–H groups in total. The van der Waals surface area contributed by atoms with Crippen LogP contribution in [-0.4, -0.2) is 23.2 Å². The van der Waals surface area contributed by atoms with Crippen LogP contribution in [0.2, 0.25) is 0 Å². The van der Waals surface area contributed by atoms with E-state index in [1.807, 2.05) is 31.2 Å². The lowest BCUT2D eigenvalue weighted by Gasteiger charge is -2.11. The molecule has 2 atom stereocenters. The van der Waals surface area contributed by atoms with E-state index in [2.05, 4.69) is 40.4 Å². The summed E-state index contributed by atoms with van der Waals surface area (Å²) in [4.78, 5) is 23.2. The summed E-state index contributed by atoms with van der Waals surface area (Å²) in [6.07, 6.45) is 2.08. The van der Waals surface area contributed by atoms with Gasteiger partial charge in [-0.3, -0.25) is 9.59 Å². The minimum absolute atomic E-state index is 0.0757. The maximum atomic E-state index is 11.8. The van der Waals surface area contributed by atoms with Crippen LogP contribution in [0.15, 0.2) is 24.3 Å². The van der Waals surface area contributed by atoms with E-state index in [9.17, 15) is 9.59 Å². The molecule has 122 valence electrons. The van der Waals surface area contributed by atoms with Gasteiger partial charge in [0.25, 0.3) is 0 Å². The van der Waals surface area contributed by atoms with Crippen LogP contribution in [0.4, 0.5) is 5.69 Å². The smallest absolute Gasteiger partial charge is 0.233 e. The fourth-order valence-corrected chi connectivity index (χ4v) is 2.11. The van der Waals surface area contributed by atoms with Crippen LogP contribution in [0.3, 0.4) is 0 Å². The highest BCUT2D eigenvalue weighted by atomic mass is 79.9. The molecule has 2 amide bonds. The molecule has 0 aromatic heterocycles. The van der Waals surface area contributed by atoms with Crippen LogP contribution < -0.4 is 10.6 Å². The Hall–Kier alpha value is -1.36. The maximum Gasteiger partial charge on any atom is 0.233 e. The Morgan fingerprint density at radius 1 is 1.14 bits per heavy atom. The number of halogens is 1. The minimum atomic E-state index is -0.191. The highest BCUT2D eigenvalue weighted by molar-refractivity contribution is 9.10. The number of hydrogen-bond acceptors (Lipinski definition) is 2. The third-order valence-corrected chi connectivity index (χ3v) is 4.73. The Bertz CT molecular complexity index is 488. The van der Waals surface area contributed by atoms with Crippen molar-refractivity contribution in [2.45, 2.75) is 50.8 Å². The molecule has 5 heteroatoms. The van der Waals surface area contributed by atoms with E-state index >= 15 is 0 Å². The molecule has 0 bridgehead atoms. The Kier molecular flexibility index (Phi) is 8.17. The molecule has 0 radical (unpaired) electrons. The number of nitrogens with one attached hydrogen (secondary N) is 2. The average molecular weight is 369 g/mol. The lowest BCUT2D eigenvalue weighted by atomic mass is 9.99. The Morgan fingerprint density at radius 3 is 2.32 bits per heavy atom. The van der Waals surface area contributed by atoms with E-state index in [0.29, 0.717) is 12.5 Å². The number of alkyl halides is 1. The van der Waals surface area contributed by atoms with Crippen molar-refractivity contribution in [3.05, 3.63) is 29.8 Å². The molecule has 0 aliphatic heterocycles. The van der Waals surface area contributed by atoms with Gasteiger partial charge in [0.05, 0.1) is 4.83 Å². The van der Waals surface area contributed by atoms with Crippen molar-refractivity contribution in [3.8, 4) is 0 Å². The summed E-state index contributed by atoms with van der Waals surface area (Å²) in [7, 11) is 0. The quantitative estimate of drug-likeness (QED) is 0.685. The van der Waals surface area contributed by atoms with Crippen molar-refractivity contribution >= 4 is 33.4 Å². The van der Waals surface area contributed by atoms with Gasteiger partial charge in [-0.2, -0.15) is 0 Å². The summed E-state index contributed by atoms with van der Waals surface area (Å²) in [6, 6.07) is 7.93. The molecule has 0 saturated heterocycles. The fraction of sp³-hybridized carbons (Fsp3) is 0.529. The monoisotopic (exact) mass is 368 g/mol. The van der Waals surface area contributed by atoms with E-state index in [1.54, 1.807) is 0 Å². The first-order chi connectivity index (χ1) is 10.5. The van der Waals surface area contributed by atoms with Gasteiger partial charge in [-0.05, 0) is 36.5 Å². The standard InChI is InChI=1S/C17H25BrN2O2/c1-4-12(3)13-6-8-14(9-7-13)20-16(21)10-11-19-17(22)15(18)5-2/h6-9,12,15H,4-5,10-11H2,1-3H3,(H,19,22)(H,20,21)/t12-,15+/m1/s1. The summed E-state index contributed by atoms with van der Waals surface area (Å²) in [6.45, 7) is 6.61. The summed E-state index contributed by atoms with van der Waals surface area (Å²) in [5.41, 5.74) is 2.06. The number of carbonyl (C=O) groups is 2. The van der Waals surface area contributed by atoms with E-state index < -0.39 is 0 Å². The highest BCUT2D eigenvalue weighted by Crippen LogP contribution is 2.20. The molecule has 22 heavy (non-hydrogen) atoms. The molecule has 1 rings (SSSR count). The van der Waals surface area contributed by atoms with Crippen LogP contribution >= 0.6 is 15.9 Å². The third-order valence-electron chi connectivity index (χ3n) is 3.67. The molecule has 1 aromatic carbocycles. The van der Waals surface area contributed by atoms with E-state index in [0.717, 1.165) is 18.5 Å². The van der Waals surface area contributed by atoms with Gasteiger partial charge in [0, 0.05) is 18.7 Å². The lowest BCUT2D eigenvalue weighted by molar-refractivity contribution is -0.120. The maximum absolute atomic E-state index is 11.8. The van der Waals surface area contributed by atoms with Gasteiger partial charge in [0.2, 0.25) is 11.8 Å². The molecule has 0 spiro atoms. The zero-order chi connectivity index (χ0) is 16.5. The van der Waals surface area contributed by atoms with Gasteiger partial charge < -0.3 is 10.6 Å². The molecule has 0 saturated carbocycles. The summed E-state index contributed by atoms with van der Waals surface area (Å²) >= 11 is 3.27. The average Bonchev–Trinajstić information content (AvgIpc) is 2.53. The number of carbonyl (C=O) groups excluding carboxylic acids is 2. The van der Waals surface area contributed by atoms with Crippen LogP contribution in [0.25, 0.3) is 0 Å². The third kappa shape index (κ3) is 6.18. The van der Waals surface area contributed by atoms with Crippen molar-refractivity contribution in [2.75, 3.05) is 11.9 Å². The number of hydrogen-bond donors (Lipinski definition) is 2. The predicted octanol–water partition coefficient (Wildman–Crippen LogP) is 3.82. The number of anilines is 1. The van der Waals surface area contributed by atoms with Crippen molar-refractivity contribution in [1.82, 2.24) is 5.32 Å². The second-order valence-electron chi connectivity index (χ2n) is 5.40. The van der Waals surface area contributed by atoms with Gasteiger partial charge in [-0.15, -0.1) is 0 Å².